The Bertz CT molecular complexity index is 604. The lowest BCUT2D eigenvalue weighted by atomic mass is 9.46. The number of rotatable bonds is 3. The fourth-order valence-electron chi connectivity index (χ4n) is 7.46. The van der Waals surface area contributed by atoms with Gasteiger partial charge in [0.25, 0.3) is 0 Å². The standard InChI is InChI=1S/C22H35NO3/c1-5-26-13-14-12-15-16-6-7-18(24)21(16,2)10-8-17(15)22(3)11-9-19(25)23(4)20(14)22/h9,11,14-18,20,24H,5-8,10,12-13H2,1-4H3/t14?,15-,16-,17+,18?,20?,21-,22+/m0/s1. The molecule has 0 spiro atoms. The molecule has 3 aliphatic carbocycles. The summed E-state index contributed by atoms with van der Waals surface area (Å²) in [6.07, 6.45) is 9.39. The predicted molar refractivity (Wildman–Crippen MR) is 101 cm³/mol. The van der Waals surface area contributed by atoms with Gasteiger partial charge in [0.1, 0.15) is 0 Å². The summed E-state index contributed by atoms with van der Waals surface area (Å²) < 4.78 is 5.88. The number of ether oxygens (including phenoxy) is 1. The van der Waals surface area contributed by atoms with E-state index in [2.05, 4.69) is 19.9 Å². The Balaban J connectivity index is 1.72. The van der Waals surface area contributed by atoms with Crippen LogP contribution in [0.1, 0.15) is 52.9 Å². The molecule has 1 N–H and O–H groups in total. The van der Waals surface area contributed by atoms with Crippen LogP contribution in [0.2, 0.25) is 0 Å². The molecule has 3 saturated carbocycles. The quantitative estimate of drug-likeness (QED) is 0.839. The summed E-state index contributed by atoms with van der Waals surface area (Å²) in [5, 5.41) is 10.7. The Labute approximate surface area is 158 Å². The van der Waals surface area contributed by atoms with E-state index in [4.69, 9.17) is 4.74 Å². The van der Waals surface area contributed by atoms with Gasteiger partial charge >= 0.3 is 0 Å². The molecule has 1 amide bonds. The molecule has 8 atom stereocenters. The van der Waals surface area contributed by atoms with Gasteiger partial charge in [0.05, 0.1) is 12.7 Å². The van der Waals surface area contributed by atoms with E-state index in [-0.39, 0.29) is 28.9 Å². The van der Waals surface area contributed by atoms with Crippen molar-refractivity contribution in [3.63, 3.8) is 0 Å². The minimum absolute atomic E-state index is 0.0161. The van der Waals surface area contributed by atoms with Crippen molar-refractivity contribution in [3.8, 4) is 0 Å². The highest BCUT2D eigenvalue weighted by atomic mass is 16.5. The van der Waals surface area contributed by atoms with Gasteiger partial charge < -0.3 is 14.7 Å². The van der Waals surface area contributed by atoms with E-state index in [1.807, 2.05) is 18.9 Å². The molecule has 26 heavy (non-hydrogen) atoms. The normalized spacial score (nSPS) is 50.3. The summed E-state index contributed by atoms with van der Waals surface area (Å²) in [4.78, 5) is 14.4. The Kier molecular flexibility index (Phi) is 4.51. The average Bonchev–Trinajstić information content (AvgIpc) is 2.92. The summed E-state index contributed by atoms with van der Waals surface area (Å²) in [5.74, 6) is 2.34. The first kappa shape index (κ1) is 18.5. The molecule has 3 fully saturated rings. The van der Waals surface area contributed by atoms with Gasteiger partial charge in [-0.05, 0) is 68.3 Å². The van der Waals surface area contributed by atoms with Gasteiger partial charge in [0.2, 0.25) is 5.91 Å². The topological polar surface area (TPSA) is 49.8 Å². The molecule has 0 radical (unpaired) electrons. The molecular formula is C22H35NO3. The van der Waals surface area contributed by atoms with Crippen molar-refractivity contribution in [2.45, 2.75) is 65.0 Å². The maximum Gasteiger partial charge on any atom is 0.246 e. The van der Waals surface area contributed by atoms with E-state index >= 15 is 0 Å². The van der Waals surface area contributed by atoms with E-state index in [1.54, 1.807) is 6.08 Å². The second-order valence-corrected chi connectivity index (χ2v) is 9.76. The summed E-state index contributed by atoms with van der Waals surface area (Å²) in [6, 6.07) is 0.225. The lowest BCUT2D eigenvalue weighted by molar-refractivity contribution is -0.152. The fourth-order valence-corrected chi connectivity index (χ4v) is 7.46. The number of aliphatic hydroxyl groups is 1. The van der Waals surface area contributed by atoms with Gasteiger partial charge in [0, 0.05) is 31.0 Å². The Hall–Kier alpha value is -0.870. The zero-order valence-electron chi connectivity index (χ0n) is 16.8. The van der Waals surface area contributed by atoms with Crippen LogP contribution in [0.25, 0.3) is 0 Å². The first-order chi connectivity index (χ1) is 12.3. The highest BCUT2D eigenvalue weighted by molar-refractivity contribution is 5.89. The van der Waals surface area contributed by atoms with Gasteiger partial charge in [-0.25, -0.2) is 0 Å². The van der Waals surface area contributed by atoms with Crippen molar-refractivity contribution in [3.05, 3.63) is 12.2 Å². The smallest absolute Gasteiger partial charge is 0.246 e. The third kappa shape index (κ3) is 2.44. The van der Waals surface area contributed by atoms with Crippen LogP contribution in [0.4, 0.5) is 0 Å². The van der Waals surface area contributed by atoms with Crippen LogP contribution in [0.15, 0.2) is 12.2 Å². The predicted octanol–water partition coefficient (Wildman–Crippen LogP) is 3.25. The van der Waals surface area contributed by atoms with Crippen LogP contribution in [-0.4, -0.2) is 48.3 Å². The van der Waals surface area contributed by atoms with Gasteiger partial charge in [0.15, 0.2) is 0 Å². The third-order valence-electron chi connectivity index (χ3n) is 8.73. The summed E-state index contributed by atoms with van der Waals surface area (Å²) >= 11 is 0. The highest BCUT2D eigenvalue weighted by Gasteiger charge is 2.62. The van der Waals surface area contributed by atoms with Crippen molar-refractivity contribution < 1.29 is 14.6 Å². The zero-order chi connectivity index (χ0) is 18.7. The molecule has 0 aromatic rings. The van der Waals surface area contributed by atoms with Gasteiger partial charge in [-0.2, -0.15) is 0 Å². The maximum absolute atomic E-state index is 12.4. The van der Waals surface area contributed by atoms with E-state index in [1.165, 1.54) is 0 Å². The van der Waals surface area contributed by atoms with E-state index < -0.39 is 0 Å². The second kappa shape index (κ2) is 6.34. The Morgan fingerprint density at radius 2 is 2.04 bits per heavy atom. The fraction of sp³-hybridized carbons (Fsp3) is 0.864. The minimum Gasteiger partial charge on any atom is -0.393 e. The summed E-state index contributed by atoms with van der Waals surface area (Å²) in [7, 11) is 1.97. The number of nitrogens with zero attached hydrogens (tertiary/aromatic N) is 1. The average molecular weight is 362 g/mol. The first-order valence-electron chi connectivity index (χ1n) is 10.5. The molecular weight excluding hydrogens is 326 g/mol. The molecule has 3 unspecified atom stereocenters. The first-order valence-corrected chi connectivity index (χ1v) is 10.5. The second-order valence-electron chi connectivity index (χ2n) is 9.76. The molecule has 4 rings (SSSR count). The van der Waals surface area contributed by atoms with Crippen molar-refractivity contribution in [2.75, 3.05) is 20.3 Å². The summed E-state index contributed by atoms with van der Waals surface area (Å²) in [5.41, 5.74) is 0.100. The third-order valence-corrected chi connectivity index (χ3v) is 8.73. The molecule has 4 heteroatoms. The molecule has 4 nitrogen and oxygen atoms in total. The number of carbonyl (C=O) groups is 1. The van der Waals surface area contributed by atoms with Crippen LogP contribution in [0, 0.1) is 34.5 Å². The zero-order valence-corrected chi connectivity index (χ0v) is 16.8. The van der Waals surface area contributed by atoms with Gasteiger partial charge in [-0.1, -0.05) is 19.9 Å². The van der Waals surface area contributed by atoms with Crippen molar-refractivity contribution in [1.82, 2.24) is 4.90 Å². The molecule has 0 aromatic heterocycles. The largest absolute Gasteiger partial charge is 0.393 e. The number of fused-ring (bicyclic) bond motifs is 5. The number of amides is 1. The van der Waals surface area contributed by atoms with Gasteiger partial charge in [-0.15, -0.1) is 0 Å². The summed E-state index contributed by atoms with van der Waals surface area (Å²) in [6.45, 7) is 8.20. The number of hydrogen-bond acceptors (Lipinski definition) is 3. The molecule has 1 aliphatic heterocycles. The van der Waals surface area contributed by atoms with Crippen LogP contribution < -0.4 is 0 Å². The number of likely N-dealkylation sites (N-methyl/N-ethyl adjacent to an activating group) is 1. The highest BCUT2D eigenvalue weighted by Crippen LogP contribution is 2.64. The van der Waals surface area contributed by atoms with Crippen molar-refractivity contribution in [2.24, 2.45) is 34.5 Å². The van der Waals surface area contributed by atoms with Crippen molar-refractivity contribution >= 4 is 5.91 Å². The monoisotopic (exact) mass is 361 g/mol. The Morgan fingerprint density at radius 1 is 1.27 bits per heavy atom. The van der Waals surface area contributed by atoms with E-state index in [0.717, 1.165) is 45.3 Å². The number of hydrogen-bond donors (Lipinski definition) is 1. The molecule has 4 aliphatic rings. The van der Waals surface area contributed by atoms with Crippen molar-refractivity contribution in [1.29, 1.82) is 0 Å². The molecule has 146 valence electrons. The number of aliphatic hydroxyl groups excluding tert-OH is 1. The van der Waals surface area contributed by atoms with Crippen LogP contribution in [-0.2, 0) is 9.53 Å². The molecule has 1 heterocycles. The molecule has 0 bridgehead atoms. The van der Waals surface area contributed by atoms with E-state index in [9.17, 15) is 9.90 Å². The maximum atomic E-state index is 12.4. The molecule has 0 aromatic carbocycles. The van der Waals surface area contributed by atoms with E-state index in [0.29, 0.717) is 23.7 Å². The minimum atomic E-state index is -0.143. The molecule has 0 saturated heterocycles. The van der Waals surface area contributed by atoms with Crippen LogP contribution in [0.3, 0.4) is 0 Å². The Morgan fingerprint density at radius 3 is 2.77 bits per heavy atom. The van der Waals surface area contributed by atoms with Crippen LogP contribution >= 0.6 is 0 Å². The number of carbonyl (C=O) groups excluding carboxylic acids is 1. The van der Waals surface area contributed by atoms with Gasteiger partial charge in [-0.3, -0.25) is 4.79 Å². The van der Waals surface area contributed by atoms with Crippen LogP contribution in [0.5, 0.6) is 0 Å². The lowest BCUT2D eigenvalue weighted by Gasteiger charge is -2.62. The lowest BCUT2D eigenvalue weighted by Crippen LogP contribution is -2.63. The SMILES string of the molecule is CCOCC1C[C@@H]2[C@@H](CC[C@]3(C)C(O)CC[C@@H]23)[C@@]2(C)C=CC(=O)N(C)C12.